The van der Waals surface area contributed by atoms with Gasteiger partial charge in [0.25, 0.3) is 0 Å². The van der Waals surface area contributed by atoms with Gasteiger partial charge in [0.05, 0.1) is 0 Å². The largest absolute Gasteiger partial charge is 0.488 e. The fraction of sp³-hybridized carbons (Fsp3) is 0.167. The molecular weight excluding hydrogens is 304 g/mol. The van der Waals surface area contributed by atoms with Crippen LogP contribution in [0.2, 0.25) is 0 Å². The van der Waals surface area contributed by atoms with Crippen molar-refractivity contribution >= 4 is 12.2 Å². The molecule has 0 aliphatic carbocycles. The summed E-state index contributed by atoms with van der Waals surface area (Å²) < 4.78 is 6.25. The third kappa shape index (κ3) is 4.60. The molecule has 0 radical (unpaired) electrons. The first-order valence-electron chi connectivity index (χ1n) is 8.77. The first-order valence-corrected chi connectivity index (χ1v) is 8.77. The van der Waals surface area contributed by atoms with Crippen molar-refractivity contribution in [3.8, 4) is 5.75 Å². The van der Waals surface area contributed by atoms with E-state index in [4.69, 9.17) is 4.74 Å². The number of benzene rings is 3. The summed E-state index contributed by atoms with van der Waals surface area (Å²) in [5.74, 6) is 1.39. The minimum atomic E-state index is 0.413. The van der Waals surface area contributed by atoms with Crippen molar-refractivity contribution < 1.29 is 4.74 Å². The number of ether oxygens (including phenoxy) is 1. The van der Waals surface area contributed by atoms with Gasteiger partial charge in [-0.3, -0.25) is 0 Å². The quantitative estimate of drug-likeness (QED) is 0.466. The van der Waals surface area contributed by atoms with Gasteiger partial charge < -0.3 is 4.74 Å². The van der Waals surface area contributed by atoms with Crippen LogP contribution in [-0.4, -0.2) is 0 Å². The van der Waals surface area contributed by atoms with Crippen LogP contribution in [0.4, 0.5) is 0 Å². The van der Waals surface area contributed by atoms with Crippen LogP contribution in [0.1, 0.15) is 42.0 Å². The molecular formula is C24H24O. The van der Waals surface area contributed by atoms with Crippen LogP contribution in [0, 0.1) is 0 Å². The second-order valence-electron chi connectivity index (χ2n) is 6.44. The van der Waals surface area contributed by atoms with E-state index in [0.29, 0.717) is 12.5 Å². The van der Waals surface area contributed by atoms with E-state index < -0.39 is 0 Å². The standard InChI is InChI=1S/C24H24O/c1-19(2)23-15-9-14-22(17-16-20-10-5-3-6-11-20)24(23)25-18-21-12-7-4-8-13-21/h3-17,19H,18H2,1-2H3. The van der Waals surface area contributed by atoms with Crippen LogP contribution in [0.15, 0.2) is 78.9 Å². The molecule has 0 atom stereocenters. The van der Waals surface area contributed by atoms with Crippen LogP contribution < -0.4 is 4.74 Å². The van der Waals surface area contributed by atoms with Crippen LogP contribution >= 0.6 is 0 Å². The lowest BCUT2D eigenvalue weighted by molar-refractivity contribution is 0.301. The molecule has 1 heteroatoms. The average Bonchev–Trinajstić information content (AvgIpc) is 2.66. The molecule has 0 heterocycles. The Morgan fingerprint density at radius 1 is 0.760 bits per heavy atom. The predicted octanol–water partition coefficient (Wildman–Crippen LogP) is 6.56. The van der Waals surface area contributed by atoms with Gasteiger partial charge in [-0.15, -0.1) is 0 Å². The topological polar surface area (TPSA) is 9.23 Å². The zero-order chi connectivity index (χ0) is 17.5. The van der Waals surface area contributed by atoms with Crippen molar-refractivity contribution in [2.75, 3.05) is 0 Å². The maximum atomic E-state index is 6.25. The van der Waals surface area contributed by atoms with Crippen LogP contribution in [-0.2, 0) is 6.61 Å². The van der Waals surface area contributed by atoms with Crippen molar-refractivity contribution in [1.82, 2.24) is 0 Å². The monoisotopic (exact) mass is 328 g/mol. The first-order chi connectivity index (χ1) is 12.2. The molecule has 0 aromatic heterocycles. The van der Waals surface area contributed by atoms with E-state index >= 15 is 0 Å². The molecule has 0 fully saturated rings. The molecule has 0 bridgehead atoms. The highest BCUT2D eigenvalue weighted by Crippen LogP contribution is 2.32. The second-order valence-corrected chi connectivity index (χ2v) is 6.44. The predicted molar refractivity (Wildman–Crippen MR) is 107 cm³/mol. The van der Waals surface area contributed by atoms with Crippen molar-refractivity contribution in [3.05, 3.63) is 101 Å². The summed E-state index contributed by atoms with van der Waals surface area (Å²) in [7, 11) is 0. The van der Waals surface area contributed by atoms with Crippen LogP contribution in [0.3, 0.4) is 0 Å². The lowest BCUT2D eigenvalue weighted by atomic mass is 9.98. The van der Waals surface area contributed by atoms with E-state index in [1.165, 1.54) is 16.7 Å². The lowest BCUT2D eigenvalue weighted by Gasteiger charge is -2.17. The molecule has 0 N–H and O–H groups in total. The minimum absolute atomic E-state index is 0.413. The SMILES string of the molecule is CC(C)c1cccc(C=Cc2ccccc2)c1OCc1ccccc1. The zero-order valence-electron chi connectivity index (χ0n) is 14.9. The molecule has 0 aliphatic heterocycles. The number of rotatable bonds is 6. The van der Waals surface area contributed by atoms with E-state index in [1.54, 1.807) is 0 Å². The molecule has 0 unspecified atom stereocenters. The molecule has 0 spiro atoms. The third-order valence-electron chi connectivity index (χ3n) is 4.18. The van der Waals surface area contributed by atoms with Gasteiger partial charge in [0.15, 0.2) is 0 Å². The Bertz CT molecular complexity index is 817. The molecule has 3 rings (SSSR count). The summed E-state index contributed by atoms with van der Waals surface area (Å²) in [5, 5.41) is 0. The Morgan fingerprint density at radius 2 is 1.44 bits per heavy atom. The summed E-state index contributed by atoms with van der Waals surface area (Å²) in [6.07, 6.45) is 4.27. The third-order valence-corrected chi connectivity index (χ3v) is 4.18. The van der Waals surface area contributed by atoms with Gasteiger partial charge in [0.2, 0.25) is 0 Å². The average molecular weight is 328 g/mol. The highest BCUT2D eigenvalue weighted by atomic mass is 16.5. The minimum Gasteiger partial charge on any atom is -0.488 e. The highest BCUT2D eigenvalue weighted by Gasteiger charge is 2.11. The fourth-order valence-corrected chi connectivity index (χ4v) is 2.81. The highest BCUT2D eigenvalue weighted by molar-refractivity contribution is 5.73. The number of hydrogen-bond acceptors (Lipinski definition) is 1. The van der Waals surface area contributed by atoms with E-state index in [0.717, 1.165) is 11.3 Å². The number of para-hydroxylation sites is 1. The summed E-state index contributed by atoms with van der Waals surface area (Å²) in [6, 6.07) is 27.0. The summed E-state index contributed by atoms with van der Waals surface area (Å²) in [4.78, 5) is 0. The Morgan fingerprint density at radius 3 is 2.12 bits per heavy atom. The Labute approximate surface area is 150 Å². The second kappa shape index (κ2) is 8.34. The smallest absolute Gasteiger partial charge is 0.130 e. The van der Waals surface area contributed by atoms with Crippen LogP contribution in [0.25, 0.3) is 12.2 Å². The molecule has 0 saturated heterocycles. The molecule has 0 saturated carbocycles. The molecule has 0 amide bonds. The van der Waals surface area contributed by atoms with Crippen molar-refractivity contribution in [1.29, 1.82) is 0 Å². The summed E-state index contributed by atoms with van der Waals surface area (Å²) in [5.41, 5.74) is 4.72. The molecule has 126 valence electrons. The molecule has 1 nitrogen and oxygen atoms in total. The van der Waals surface area contributed by atoms with Gasteiger partial charge in [-0.25, -0.2) is 0 Å². The van der Waals surface area contributed by atoms with Gasteiger partial charge in [0, 0.05) is 5.56 Å². The van der Waals surface area contributed by atoms with Gasteiger partial charge in [-0.05, 0) is 22.6 Å². The number of hydrogen-bond donors (Lipinski definition) is 0. The Balaban J connectivity index is 1.89. The van der Waals surface area contributed by atoms with Gasteiger partial charge in [-0.2, -0.15) is 0 Å². The maximum Gasteiger partial charge on any atom is 0.130 e. The van der Waals surface area contributed by atoms with E-state index in [1.807, 2.05) is 24.3 Å². The summed E-state index contributed by atoms with van der Waals surface area (Å²) >= 11 is 0. The van der Waals surface area contributed by atoms with E-state index in [-0.39, 0.29) is 0 Å². The Kier molecular flexibility index (Phi) is 5.69. The molecule has 3 aromatic rings. The summed E-state index contributed by atoms with van der Waals surface area (Å²) in [6.45, 7) is 4.99. The van der Waals surface area contributed by atoms with E-state index in [2.05, 4.69) is 80.6 Å². The van der Waals surface area contributed by atoms with Gasteiger partial charge >= 0.3 is 0 Å². The van der Waals surface area contributed by atoms with Gasteiger partial charge in [-0.1, -0.05) is 105 Å². The fourth-order valence-electron chi connectivity index (χ4n) is 2.81. The van der Waals surface area contributed by atoms with Crippen molar-refractivity contribution in [3.63, 3.8) is 0 Å². The van der Waals surface area contributed by atoms with Crippen molar-refractivity contribution in [2.45, 2.75) is 26.4 Å². The molecule has 25 heavy (non-hydrogen) atoms. The first kappa shape index (κ1) is 17.0. The maximum absolute atomic E-state index is 6.25. The Hall–Kier alpha value is -2.80. The molecule has 3 aromatic carbocycles. The van der Waals surface area contributed by atoms with Crippen LogP contribution in [0.5, 0.6) is 5.75 Å². The lowest BCUT2D eigenvalue weighted by Crippen LogP contribution is -2.01. The van der Waals surface area contributed by atoms with Crippen molar-refractivity contribution in [2.24, 2.45) is 0 Å². The normalized spacial score (nSPS) is 11.2. The molecule has 0 aliphatic rings. The van der Waals surface area contributed by atoms with Gasteiger partial charge in [0.1, 0.15) is 12.4 Å². The van der Waals surface area contributed by atoms with E-state index in [9.17, 15) is 0 Å². The zero-order valence-corrected chi connectivity index (χ0v) is 14.9.